The molecule has 2 unspecified atom stereocenters. The van der Waals surface area contributed by atoms with E-state index >= 15 is 0 Å². The van der Waals surface area contributed by atoms with Crippen LogP contribution in [0.15, 0.2) is 30.3 Å². The van der Waals surface area contributed by atoms with Crippen molar-refractivity contribution < 1.29 is 19.4 Å². The van der Waals surface area contributed by atoms with Gasteiger partial charge in [-0.1, -0.05) is 0 Å². The number of nitrogens with zero attached hydrogens (tertiary/aromatic N) is 1. The fraction of sp³-hybridized carbons (Fsp3) is 0.556. The van der Waals surface area contributed by atoms with E-state index in [-0.39, 0.29) is 15.5 Å². The van der Waals surface area contributed by atoms with E-state index < -0.39 is 26.3 Å². The summed E-state index contributed by atoms with van der Waals surface area (Å²) in [5.41, 5.74) is 2.60. The molecule has 1 aliphatic rings. The number of likely N-dealkylation sites (tertiary alicyclic amines) is 1. The number of benzene rings is 1. The van der Waals surface area contributed by atoms with E-state index in [1.807, 2.05) is 56.8 Å². The molecule has 3 atom stereocenters. The van der Waals surface area contributed by atoms with Crippen molar-refractivity contribution in [1.29, 1.82) is 0 Å². The molecule has 0 spiro atoms. The molecular formula is C18H26AsNO4. The average molecular weight is 395 g/mol. The first-order valence-corrected chi connectivity index (χ1v) is 12.1. The zero-order valence-electron chi connectivity index (χ0n) is 14.7. The summed E-state index contributed by atoms with van der Waals surface area (Å²) in [4.78, 5) is 25.6. The zero-order valence-corrected chi connectivity index (χ0v) is 16.6. The minimum atomic E-state index is -1.97. The van der Waals surface area contributed by atoms with Crippen LogP contribution in [-0.4, -0.2) is 53.7 Å². The molecule has 24 heavy (non-hydrogen) atoms. The third kappa shape index (κ3) is 4.76. The molecule has 0 bridgehead atoms. The summed E-state index contributed by atoms with van der Waals surface area (Å²) in [6.45, 7) is 6.10. The summed E-state index contributed by atoms with van der Waals surface area (Å²) in [6, 6.07) is 9.75. The Morgan fingerprint density at radius 3 is 2.46 bits per heavy atom. The Kier molecular flexibility index (Phi) is 5.97. The van der Waals surface area contributed by atoms with Crippen LogP contribution < -0.4 is 0 Å². The Balaban J connectivity index is 2.17. The Bertz CT molecular complexity index is 584. The maximum absolute atomic E-state index is 12.5. The van der Waals surface area contributed by atoms with Crippen LogP contribution in [0.2, 0.25) is 10.4 Å². The molecular weight excluding hydrogens is 369 g/mol. The number of carboxylic acid groups (broad SMARTS) is 1. The topological polar surface area (TPSA) is 66.8 Å². The van der Waals surface area contributed by atoms with E-state index in [0.717, 1.165) is 12.0 Å². The average Bonchev–Trinajstić information content (AvgIpc) is 2.89. The second-order valence-corrected chi connectivity index (χ2v) is 11.9. The number of rotatable bonds is 4. The third-order valence-electron chi connectivity index (χ3n) is 4.22. The van der Waals surface area contributed by atoms with Gasteiger partial charge in [-0.25, -0.2) is 0 Å². The van der Waals surface area contributed by atoms with E-state index in [4.69, 9.17) is 4.74 Å². The van der Waals surface area contributed by atoms with Gasteiger partial charge >= 0.3 is 148 Å². The van der Waals surface area contributed by atoms with Crippen LogP contribution in [0, 0.1) is 0 Å². The maximum atomic E-state index is 12.5. The molecule has 0 aromatic heterocycles. The second kappa shape index (κ2) is 7.60. The van der Waals surface area contributed by atoms with Crippen molar-refractivity contribution in [2.75, 3.05) is 6.54 Å². The zero-order chi connectivity index (χ0) is 17.9. The molecule has 1 fully saturated rings. The second-order valence-electron chi connectivity index (χ2n) is 7.18. The van der Waals surface area contributed by atoms with Crippen LogP contribution in [0.1, 0.15) is 32.8 Å². The van der Waals surface area contributed by atoms with Crippen molar-refractivity contribution in [3.63, 3.8) is 0 Å². The van der Waals surface area contributed by atoms with Crippen LogP contribution >= 0.6 is 0 Å². The predicted molar refractivity (Wildman–Crippen MR) is 94.9 cm³/mol. The summed E-state index contributed by atoms with van der Waals surface area (Å²) in [6.07, 6.45) is 0.504. The Hall–Kier alpha value is -1.48. The number of carbonyl (C=O) groups is 2. The molecule has 6 heteroatoms. The molecule has 5 nitrogen and oxygen atoms in total. The number of hydrogen-bond acceptors (Lipinski definition) is 3. The number of amides is 1. The molecule has 1 aromatic carbocycles. The number of hydrogen-bond donors (Lipinski definition) is 1. The molecule has 1 saturated heterocycles. The van der Waals surface area contributed by atoms with Gasteiger partial charge in [0, 0.05) is 0 Å². The SMILES string of the molecule is C[As](C(=O)OC(C)(C)C)[C@@H]1CCN(C(=O)O)C1Cc1ccccc1. The molecule has 0 radical (unpaired) electrons. The Labute approximate surface area is 148 Å². The quantitative estimate of drug-likeness (QED) is 0.783. The molecule has 1 aromatic rings. The molecule has 132 valence electrons. The van der Waals surface area contributed by atoms with Crippen molar-refractivity contribution in [2.45, 2.75) is 55.7 Å². The van der Waals surface area contributed by atoms with Crippen molar-refractivity contribution in [3.8, 4) is 0 Å². The summed E-state index contributed by atoms with van der Waals surface area (Å²) >= 11 is -1.97. The fourth-order valence-electron chi connectivity index (χ4n) is 3.10. The Morgan fingerprint density at radius 1 is 1.29 bits per heavy atom. The minimum absolute atomic E-state index is 0.106. The van der Waals surface area contributed by atoms with Gasteiger partial charge in [0.1, 0.15) is 0 Å². The van der Waals surface area contributed by atoms with Gasteiger partial charge in [-0.2, -0.15) is 0 Å². The van der Waals surface area contributed by atoms with Gasteiger partial charge < -0.3 is 0 Å². The molecule has 0 aliphatic carbocycles. The molecule has 1 heterocycles. The van der Waals surface area contributed by atoms with Gasteiger partial charge in [-0.15, -0.1) is 0 Å². The third-order valence-corrected chi connectivity index (χ3v) is 8.97. The van der Waals surface area contributed by atoms with Gasteiger partial charge in [-0.3, -0.25) is 0 Å². The summed E-state index contributed by atoms with van der Waals surface area (Å²) in [5.74, 6) is 0. The molecule has 0 saturated carbocycles. The molecule has 1 N–H and O–H groups in total. The summed E-state index contributed by atoms with van der Waals surface area (Å²) in [5, 5.41) is 9.51. The predicted octanol–water partition coefficient (Wildman–Crippen LogP) is 3.99. The van der Waals surface area contributed by atoms with Gasteiger partial charge in [0.15, 0.2) is 0 Å². The van der Waals surface area contributed by atoms with Gasteiger partial charge in [0.2, 0.25) is 0 Å². The van der Waals surface area contributed by atoms with Gasteiger partial charge in [0.05, 0.1) is 0 Å². The van der Waals surface area contributed by atoms with Gasteiger partial charge in [-0.05, 0) is 0 Å². The molecule has 1 aliphatic heterocycles. The monoisotopic (exact) mass is 395 g/mol. The van der Waals surface area contributed by atoms with Crippen LogP contribution in [0.5, 0.6) is 0 Å². The van der Waals surface area contributed by atoms with Crippen LogP contribution in [-0.2, 0) is 11.2 Å². The van der Waals surface area contributed by atoms with Crippen molar-refractivity contribution in [1.82, 2.24) is 4.90 Å². The van der Waals surface area contributed by atoms with Crippen LogP contribution in [0.3, 0.4) is 0 Å². The van der Waals surface area contributed by atoms with E-state index in [0.29, 0.717) is 13.0 Å². The van der Waals surface area contributed by atoms with E-state index in [1.165, 1.54) is 4.90 Å². The van der Waals surface area contributed by atoms with E-state index in [9.17, 15) is 14.7 Å². The van der Waals surface area contributed by atoms with Crippen molar-refractivity contribution >= 4 is 25.5 Å². The van der Waals surface area contributed by atoms with E-state index in [2.05, 4.69) is 0 Å². The van der Waals surface area contributed by atoms with Crippen LogP contribution in [0.25, 0.3) is 0 Å². The van der Waals surface area contributed by atoms with Crippen molar-refractivity contribution in [3.05, 3.63) is 35.9 Å². The first-order chi connectivity index (χ1) is 11.2. The fourth-order valence-corrected chi connectivity index (χ4v) is 7.24. The summed E-state index contributed by atoms with van der Waals surface area (Å²) < 4.78 is 5.57. The normalized spacial score (nSPS) is 22.2. The van der Waals surface area contributed by atoms with E-state index in [1.54, 1.807) is 0 Å². The molecule has 2 rings (SSSR count). The summed E-state index contributed by atoms with van der Waals surface area (Å²) in [7, 11) is 0. The van der Waals surface area contributed by atoms with Gasteiger partial charge in [0.25, 0.3) is 0 Å². The molecule has 1 amide bonds. The first kappa shape index (κ1) is 18.9. The van der Waals surface area contributed by atoms with Crippen molar-refractivity contribution in [2.24, 2.45) is 0 Å². The Morgan fingerprint density at radius 2 is 1.92 bits per heavy atom. The van der Waals surface area contributed by atoms with Crippen LogP contribution in [0.4, 0.5) is 9.59 Å². The first-order valence-electron chi connectivity index (χ1n) is 8.18. The number of carbonyl (C=O) groups excluding carboxylic acids is 1. The number of ether oxygens (including phenoxy) is 1. The standard InChI is InChI=1S/C18H26AsNO4/c1-18(2,3)24-16(21)19(4)14-10-11-20(17(22)23)15(14)12-13-8-6-5-7-9-13/h5-9,14-15H,10-12H2,1-4H3,(H,22,23)/t14-,15?,19?/m1/s1.